The maximum absolute atomic E-state index is 15.3. The Hall–Kier alpha value is -4.61. The first-order chi connectivity index (χ1) is 19.8. The van der Waals surface area contributed by atoms with Crippen LogP contribution in [0.3, 0.4) is 0 Å². The maximum Gasteiger partial charge on any atom is 0.407 e. The molecule has 0 bridgehead atoms. The number of rotatable bonds is 7. The molecular weight excluding hydrogens is 557 g/mol. The number of amides is 2. The first-order valence-electron chi connectivity index (χ1n) is 13.1. The van der Waals surface area contributed by atoms with Gasteiger partial charge < -0.3 is 36.4 Å². The van der Waals surface area contributed by atoms with Gasteiger partial charge in [0, 0.05) is 23.9 Å². The highest BCUT2D eigenvalue weighted by atomic mass is 19.1. The molecule has 42 heavy (non-hydrogen) atoms. The van der Waals surface area contributed by atoms with Gasteiger partial charge in [0.2, 0.25) is 5.91 Å². The normalized spacial score (nSPS) is 21.5. The lowest BCUT2D eigenvalue weighted by Gasteiger charge is -2.16. The molecule has 3 atom stereocenters. The molecule has 17 heteroatoms. The number of hydrogen-bond donors (Lipinski definition) is 6. The first-order valence-corrected chi connectivity index (χ1v) is 13.1. The average Bonchev–Trinajstić information content (AvgIpc) is 3.46. The largest absolute Gasteiger partial charge is 0.453 e. The SMILES string of the molecule is COC(=O)NC1CC(F)C(n2c(=O)n(C(O)(O)O)c3cnc(Nc4ccc5c(C)nn(C6(C(N)=O)CC6)c5n4)cc32)C1. The fraction of sp³-hybridized carbons (Fsp3) is 0.440. The van der Waals surface area contributed by atoms with Crippen molar-refractivity contribution in [2.75, 3.05) is 12.4 Å². The summed E-state index contributed by atoms with van der Waals surface area (Å²) >= 11 is 0. The van der Waals surface area contributed by atoms with Crippen LogP contribution in [-0.2, 0) is 21.2 Å². The third-order valence-electron chi connectivity index (χ3n) is 7.91. The van der Waals surface area contributed by atoms with Gasteiger partial charge in [-0.2, -0.15) is 5.10 Å². The Bertz CT molecular complexity index is 1800. The van der Waals surface area contributed by atoms with E-state index in [4.69, 9.17) is 5.73 Å². The number of carbonyl (C=O) groups is 2. The van der Waals surface area contributed by atoms with Crippen LogP contribution in [0.25, 0.3) is 22.1 Å². The minimum absolute atomic E-state index is 0.0150. The summed E-state index contributed by atoms with van der Waals surface area (Å²) in [4.78, 5) is 46.0. The van der Waals surface area contributed by atoms with Crippen molar-refractivity contribution in [3.8, 4) is 0 Å². The van der Waals surface area contributed by atoms with E-state index in [2.05, 4.69) is 30.4 Å². The number of pyridine rings is 2. The van der Waals surface area contributed by atoms with Gasteiger partial charge in [-0.05, 0) is 38.3 Å². The van der Waals surface area contributed by atoms with Crippen molar-refractivity contribution in [2.45, 2.75) is 62.5 Å². The van der Waals surface area contributed by atoms with Gasteiger partial charge in [-0.1, -0.05) is 0 Å². The van der Waals surface area contributed by atoms with Gasteiger partial charge >= 0.3 is 17.9 Å². The molecule has 6 rings (SSSR count). The monoisotopic (exact) mass is 585 g/mol. The number of carbonyl (C=O) groups excluding carboxylic acids is 2. The van der Waals surface area contributed by atoms with Gasteiger partial charge in [0.1, 0.15) is 23.3 Å². The number of halogens is 1. The number of fused-ring (bicyclic) bond motifs is 2. The number of anilines is 2. The van der Waals surface area contributed by atoms with Crippen molar-refractivity contribution in [1.82, 2.24) is 34.2 Å². The van der Waals surface area contributed by atoms with Crippen molar-refractivity contribution < 1.29 is 34.0 Å². The number of nitrogens with two attached hydrogens (primary N) is 1. The van der Waals surface area contributed by atoms with E-state index in [9.17, 15) is 29.7 Å². The van der Waals surface area contributed by atoms with E-state index < -0.39 is 47.6 Å². The summed E-state index contributed by atoms with van der Waals surface area (Å²) in [5.41, 5.74) is 4.53. The molecule has 0 aromatic carbocycles. The Morgan fingerprint density at radius 2 is 1.93 bits per heavy atom. The molecule has 0 radical (unpaired) electrons. The number of methoxy groups -OCH3 is 1. The Labute approximate surface area is 235 Å². The number of ether oxygens (including phenoxy) is 1. The van der Waals surface area contributed by atoms with E-state index in [1.807, 2.05) is 0 Å². The molecule has 4 aromatic heterocycles. The summed E-state index contributed by atoms with van der Waals surface area (Å²) in [7, 11) is 1.17. The van der Waals surface area contributed by atoms with Gasteiger partial charge in [-0.15, -0.1) is 0 Å². The molecular formula is C25H28FN9O7. The number of aliphatic hydroxyl groups is 3. The lowest BCUT2D eigenvalue weighted by molar-refractivity contribution is -0.374. The smallest absolute Gasteiger partial charge is 0.407 e. The highest BCUT2D eigenvalue weighted by Crippen LogP contribution is 2.44. The van der Waals surface area contributed by atoms with Crippen LogP contribution in [0.4, 0.5) is 20.8 Å². The summed E-state index contributed by atoms with van der Waals surface area (Å²) in [6.07, 6.45) is -3.92. The maximum atomic E-state index is 15.3. The highest BCUT2D eigenvalue weighted by Gasteiger charge is 2.52. The number of primary amides is 1. The molecule has 0 spiro atoms. The number of nitrogens with zero attached hydrogens (tertiary/aromatic N) is 6. The Morgan fingerprint density at radius 1 is 1.19 bits per heavy atom. The third-order valence-corrected chi connectivity index (χ3v) is 7.91. The van der Waals surface area contributed by atoms with Crippen molar-refractivity contribution in [1.29, 1.82) is 0 Å². The lowest BCUT2D eigenvalue weighted by atomic mass is 10.2. The van der Waals surface area contributed by atoms with Crippen LogP contribution < -0.4 is 22.1 Å². The molecule has 16 nitrogen and oxygen atoms in total. The quantitative estimate of drug-likeness (QED) is 0.157. The van der Waals surface area contributed by atoms with Crippen molar-refractivity contribution in [2.24, 2.45) is 5.73 Å². The molecule has 2 saturated carbocycles. The Morgan fingerprint density at radius 3 is 2.57 bits per heavy atom. The summed E-state index contributed by atoms with van der Waals surface area (Å²) in [5.74, 6) is -0.0517. The van der Waals surface area contributed by atoms with Crippen molar-refractivity contribution in [3.05, 3.63) is 40.6 Å². The first kappa shape index (κ1) is 27.6. The van der Waals surface area contributed by atoms with Gasteiger partial charge in [-0.3, -0.25) is 9.36 Å². The predicted octanol–water partition coefficient (Wildman–Crippen LogP) is -0.0886. The molecule has 2 aliphatic rings. The zero-order chi connectivity index (χ0) is 30.1. The number of imidazole rings is 1. The van der Waals surface area contributed by atoms with Gasteiger partial charge in [0.25, 0.3) is 0 Å². The van der Waals surface area contributed by atoms with E-state index in [0.29, 0.717) is 30.0 Å². The van der Waals surface area contributed by atoms with Gasteiger partial charge in [-0.25, -0.2) is 33.2 Å². The van der Waals surface area contributed by atoms with Crippen LogP contribution in [-0.4, -0.2) is 75.5 Å². The van der Waals surface area contributed by atoms with Crippen LogP contribution in [0.2, 0.25) is 0 Å². The number of alkyl halides is 1. The van der Waals surface area contributed by atoms with Crippen LogP contribution in [0, 0.1) is 6.92 Å². The molecule has 2 fully saturated rings. The summed E-state index contributed by atoms with van der Waals surface area (Å²) < 4.78 is 22.6. The summed E-state index contributed by atoms with van der Waals surface area (Å²) in [6, 6.07) is 3.00. The van der Waals surface area contributed by atoms with Crippen LogP contribution in [0.15, 0.2) is 29.2 Å². The molecule has 4 heterocycles. The topological polar surface area (TPSA) is 225 Å². The molecule has 7 N–H and O–H groups in total. The van der Waals surface area contributed by atoms with Crippen LogP contribution >= 0.6 is 0 Å². The van der Waals surface area contributed by atoms with Gasteiger partial charge in [0.05, 0.1) is 36.1 Å². The number of nitrogens with one attached hydrogen (secondary N) is 2. The summed E-state index contributed by atoms with van der Waals surface area (Å²) in [6.45, 7) is 1.79. The van der Waals surface area contributed by atoms with E-state index in [1.54, 1.807) is 19.1 Å². The van der Waals surface area contributed by atoms with Crippen molar-refractivity contribution in [3.63, 3.8) is 0 Å². The third kappa shape index (κ3) is 4.32. The molecule has 2 amide bonds. The Kier molecular flexibility index (Phi) is 6.21. The molecule has 4 aromatic rings. The molecule has 0 saturated heterocycles. The van der Waals surface area contributed by atoms with Crippen molar-refractivity contribution >= 4 is 45.7 Å². The second-order valence-electron chi connectivity index (χ2n) is 10.6. The van der Waals surface area contributed by atoms with Gasteiger partial charge in [0.15, 0.2) is 5.65 Å². The number of hydrogen-bond acceptors (Lipinski definition) is 11. The molecule has 2 aliphatic carbocycles. The Balaban J connectivity index is 1.41. The van der Waals surface area contributed by atoms with E-state index in [1.165, 1.54) is 17.9 Å². The minimum atomic E-state index is -3.60. The fourth-order valence-corrected chi connectivity index (χ4v) is 5.69. The number of aromatic nitrogens is 6. The highest BCUT2D eigenvalue weighted by molar-refractivity contribution is 5.89. The zero-order valence-corrected chi connectivity index (χ0v) is 22.5. The van der Waals surface area contributed by atoms with Crippen LogP contribution in [0.5, 0.6) is 0 Å². The second-order valence-corrected chi connectivity index (χ2v) is 10.6. The van der Waals surface area contributed by atoms with Crippen LogP contribution in [0.1, 0.15) is 37.4 Å². The second kappa shape index (κ2) is 9.47. The van der Waals surface area contributed by atoms with E-state index >= 15 is 4.39 Å². The molecule has 3 unspecified atom stereocenters. The molecule has 222 valence electrons. The predicted molar refractivity (Wildman–Crippen MR) is 143 cm³/mol. The molecule has 0 aliphatic heterocycles. The van der Waals surface area contributed by atoms with E-state index in [-0.39, 0.29) is 34.3 Å². The minimum Gasteiger partial charge on any atom is -0.453 e. The standard InChI is InChI=1S/C25H28FN9O7/c1-11-13-3-4-18(31-20(13)35(32-11)24(5-6-24)21(27)36)30-19-9-16-17(10-28-19)34(25(39,40)41)23(38)33(16)15-8-12(7-14(15)26)29-22(37)42-2/h3-4,9-10,12,14-15,39-41H,5-8H2,1-2H3,(H2,27,36)(H,29,37)(H,28,30,31). The fourth-order valence-electron chi connectivity index (χ4n) is 5.69. The summed E-state index contributed by atoms with van der Waals surface area (Å²) in [5, 5.41) is 40.5. The average molecular weight is 586 g/mol. The number of alkyl carbamates (subject to hydrolysis) is 1. The number of aryl methyl sites for hydroxylation is 1. The lowest BCUT2D eigenvalue weighted by Crippen LogP contribution is -2.42. The van der Waals surface area contributed by atoms with E-state index in [0.717, 1.165) is 16.2 Å². The zero-order valence-electron chi connectivity index (χ0n) is 22.5.